The number of hydrogen-bond donors (Lipinski definition) is 0. The van der Waals surface area contributed by atoms with Crippen LogP contribution in [0.3, 0.4) is 0 Å². The van der Waals surface area contributed by atoms with Crippen LogP contribution in [-0.4, -0.2) is 19.8 Å². The molecular weight excluding hydrogens is 364 g/mol. The second-order valence-electron chi connectivity index (χ2n) is 12.0. The molecule has 0 amide bonds. The second-order valence-corrected chi connectivity index (χ2v) is 13.0. The number of fused-ring (bicyclic) bond motifs is 1. The van der Waals surface area contributed by atoms with Gasteiger partial charge >= 0.3 is 0 Å². The van der Waals surface area contributed by atoms with Crippen molar-refractivity contribution in [2.45, 2.75) is 87.9 Å². The second kappa shape index (κ2) is 5.01. The lowest BCUT2D eigenvalue weighted by Crippen LogP contribution is -2.49. The van der Waals surface area contributed by atoms with Gasteiger partial charge in [0, 0.05) is 10.8 Å². The molecule has 8 aliphatic carbocycles. The lowest BCUT2D eigenvalue weighted by Gasteiger charge is -2.56. The minimum atomic E-state index is 0.293. The lowest BCUT2D eigenvalue weighted by molar-refractivity contribution is -0.0113. The van der Waals surface area contributed by atoms with Gasteiger partial charge in [0.05, 0.1) is 0 Å². The van der Waals surface area contributed by atoms with Gasteiger partial charge in [-0.2, -0.15) is 9.61 Å². The van der Waals surface area contributed by atoms with Crippen molar-refractivity contribution < 1.29 is 0 Å². The van der Waals surface area contributed by atoms with E-state index < -0.39 is 0 Å². The fourth-order valence-electron chi connectivity index (χ4n) is 9.92. The Morgan fingerprint density at radius 2 is 1.11 bits per heavy atom. The van der Waals surface area contributed by atoms with Crippen LogP contribution in [0.1, 0.15) is 87.9 Å². The average Bonchev–Trinajstić information content (AvgIpc) is 3.20. The van der Waals surface area contributed by atoms with Crippen molar-refractivity contribution in [2.75, 3.05) is 0 Å². The Kier molecular flexibility index (Phi) is 2.83. The fourth-order valence-corrected chi connectivity index (χ4v) is 11.0. The van der Waals surface area contributed by atoms with Crippen LogP contribution in [0.15, 0.2) is 0 Å². The first-order chi connectivity index (χ1) is 13.7. The highest BCUT2D eigenvalue weighted by Gasteiger charge is 2.55. The largest absolute Gasteiger partial charge is 0.234 e. The molecule has 8 aliphatic rings. The topological polar surface area (TPSA) is 43.1 Å². The van der Waals surface area contributed by atoms with Crippen LogP contribution in [0, 0.1) is 35.5 Å². The summed E-state index contributed by atoms with van der Waals surface area (Å²) < 4.78 is 2.24. The molecule has 4 nitrogen and oxygen atoms in total. The molecule has 8 bridgehead atoms. The molecule has 0 spiro atoms. The van der Waals surface area contributed by atoms with E-state index in [0.29, 0.717) is 10.8 Å². The van der Waals surface area contributed by atoms with E-state index in [4.69, 9.17) is 15.3 Å². The van der Waals surface area contributed by atoms with Crippen LogP contribution in [-0.2, 0) is 10.8 Å². The molecule has 5 heteroatoms. The highest BCUT2D eigenvalue weighted by molar-refractivity contribution is 7.16. The van der Waals surface area contributed by atoms with Crippen molar-refractivity contribution in [1.82, 2.24) is 19.8 Å². The minimum Gasteiger partial charge on any atom is -0.187 e. The van der Waals surface area contributed by atoms with Crippen molar-refractivity contribution >= 4 is 16.3 Å². The van der Waals surface area contributed by atoms with Crippen molar-refractivity contribution in [3.8, 4) is 0 Å². The normalized spacial score (nSPS) is 50.9. The van der Waals surface area contributed by atoms with Crippen molar-refractivity contribution in [1.29, 1.82) is 0 Å². The van der Waals surface area contributed by atoms with E-state index in [1.807, 2.05) is 11.3 Å². The van der Waals surface area contributed by atoms with Crippen LogP contribution < -0.4 is 0 Å². The van der Waals surface area contributed by atoms with Gasteiger partial charge in [-0.3, -0.25) is 0 Å². The van der Waals surface area contributed by atoms with Crippen molar-refractivity contribution in [3.05, 3.63) is 10.8 Å². The molecule has 2 aromatic rings. The monoisotopic (exact) mass is 394 g/mol. The van der Waals surface area contributed by atoms with Crippen LogP contribution in [0.25, 0.3) is 4.96 Å². The number of hydrogen-bond acceptors (Lipinski definition) is 4. The Morgan fingerprint density at radius 1 is 0.643 bits per heavy atom. The summed E-state index contributed by atoms with van der Waals surface area (Å²) in [4.78, 5) is 1.08. The summed E-state index contributed by atoms with van der Waals surface area (Å²) in [5.41, 5.74) is 0.680. The van der Waals surface area contributed by atoms with Crippen LogP contribution in [0.5, 0.6) is 0 Å². The molecule has 8 fully saturated rings. The van der Waals surface area contributed by atoms with Gasteiger partial charge in [0.25, 0.3) is 0 Å². The van der Waals surface area contributed by atoms with E-state index in [1.54, 1.807) is 0 Å². The predicted molar refractivity (Wildman–Crippen MR) is 108 cm³/mol. The smallest absolute Gasteiger partial charge is 0.187 e. The standard InChI is InChI=1S/C23H30N4S/c1-13-2-15-3-14(1)8-22(7-13,9-15)19-24-25-21-27(19)26-20(28-21)23-10-16-4-17(11-23)6-18(5-16)12-23/h13-18H,1-12H2. The zero-order valence-electron chi connectivity index (χ0n) is 16.6. The predicted octanol–water partition coefficient (Wildman–Crippen LogP) is 5.12. The first kappa shape index (κ1) is 15.8. The van der Waals surface area contributed by atoms with Gasteiger partial charge in [0.1, 0.15) is 5.01 Å². The molecule has 8 saturated carbocycles. The summed E-state index contributed by atoms with van der Waals surface area (Å²) in [5, 5.41) is 16.2. The molecule has 2 aromatic heterocycles. The molecule has 0 atom stereocenters. The van der Waals surface area contributed by atoms with E-state index >= 15 is 0 Å². The van der Waals surface area contributed by atoms with Gasteiger partial charge in [-0.25, -0.2) is 0 Å². The third-order valence-corrected chi connectivity index (χ3v) is 11.1. The molecule has 148 valence electrons. The fraction of sp³-hybridized carbons (Fsp3) is 0.870. The third-order valence-electron chi connectivity index (χ3n) is 10.00. The Labute approximate surface area is 170 Å². The summed E-state index contributed by atoms with van der Waals surface area (Å²) in [6.45, 7) is 0. The van der Waals surface area contributed by atoms with Gasteiger partial charge in [0.2, 0.25) is 4.96 Å². The molecular formula is C23H30N4S. The molecule has 0 radical (unpaired) electrons. The van der Waals surface area contributed by atoms with Crippen LogP contribution in [0.4, 0.5) is 0 Å². The van der Waals surface area contributed by atoms with E-state index in [9.17, 15) is 0 Å². The molecule has 10 rings (SSSR count). The molecule has 28 heavy (non-hydrogen) atoms. The maximum Gasteiger partial charge on any atom is 0.234 e. The van der Waals surface area contributed by atoms with Gasteiger partial charge < -0.3 is 0 Å². The summed E-state index contributed by atoms with van der Waals surface area (Å²) in [6.07, 6.45) is 17.2. The highest BCUT2D eigenvalue weighted by atomic mass is 32.1. The van der Waals surface area contributed by atoms with Gasteiger partial charge in [-0.05, 0) is 113 Å². The molecule has 0 aliphatic heterocycles. The zero-order chi connectivity index (χ0) is 18.1. The van der Waals surface area contributed by atoms with Gasteiger partial charge in [0.15, 0.2) is 5.82 Å². The Hall–Kier alpha value is -0.970. The third kappa shape index (κ3) is 1.95. The molecule has 0 aromatic carbocycles. The van der Waals surface area contributed by atoms with Crippen LogP contribution in [0.2, 0.25) is 0 Å². The summed E-state index contributed by atoms with van der Waals surface area (Å²) >= 11 is 1.89. The van der Waals surface area contributed by atoms with Crippen molar-refractivity contribution in [2.24, 2.45) is 35.5 Å². The van der Waals surface area contributed by atoms with Gasteiger partial charge in [-0.1, -0.05) is 11.3 Å². The summed E-state index contributed by atoms with van der Waals surface area (Å²) in [6, 6.07) is 0. The van der Waals surface area contributed by atoms with Gasteiger partial charge in [-0.15, -0.1) is 10.2 Å². The zero-order valence-corrected chi connectivity index (χ0v) is 17.5. The molecule has 0 saturated heterocycles. The lowest BCUT2D eigenvalue weighted by atomic mass is 9.49. The van der Waals surface area contributed by atoms with E-state index in [1.165, 1.54) is 87.9 Å². The number of aromatic nitrogens is 4. The van der Waals surface area contributed by atoms with Crippen molar-refractivity contribution in [3.63, 3.8) is 0 Å². The molecule has 0 unspecified atom stereocenters. The minimum absolute atomic E-state index is 0.293. The summed E-state index contributed by atoms with van der Waals surface area (Å²) in [5.74, 6) is 7.00. The van der Waals surface area contributed by atoms with E-state index in [-0.39, 0.29) is 0 Å². The molecule has 0 N–H and O–H groups in total. The quantitative estimate of drug-likeness (QED) is 0.710. The summed E-state index contributed by atoms with van der Waals surface area (Å²) in [7, 11) is 0. The highest BCUT2D eigenvalue weighted by Crippen LogP contribution is 2.62. The van der Waals surface area contributed by atoms with E-state index in [0.717, 1.165) is 40.5 Å². The SMILES string of the molecule is C1C2CC3CC1CC(c1nn4c(C56CC7CC(CC(C7)C5)C6)nnc4s1)(C2)C3. The Morgan fingerprint density at radius 3 is 1.61 bits per heavy atom. The number of rotatable bonds is 2. The number of nitrogens with zero attached hydrogens (tertiary/aromatic N) is 4. The van der Waals surface area contributed by atoms with E-state index in [2.05, 4.69) is 4.52 Å². The first-order valence-electron chi connectivity index (χ1n) is 11.9. The van der Waals surface area contributed by atoms with Crippen LogP contribution >= 0.6 is 11.3 Å². The Bertz CT molecular complexity index is 900. The average molecular weight is 395 g/mol. The Balaban J connectivity index is 1.23. The maximum atomic E-state index is 5.33. The first-order valence-corrected chi connectivity index (χ1v) is 12.7. The molecule has 2 heterocycles. The maximum absolute atomic E-state index is 5.33.